The van der Waals surface area contributed by atoms with Crippen LogP contribution in [0.25, 0.3) is 0 Å². The maximum atomic E-state index is 7.96. The Labute approximate surface area is 77.3 Å². The predicted molar refractivity (Wildman–Crippen MR) is 44.9 cm³/mol. The molecule has 0 heterocycles. The first-order valence-corrected chi connectivity index (χ1v) is 2.54. The molecule has 54 valence electrons. The number of para-hydroxylation sites is 1. The minimum absolute atomic E-state index is 0.723. The molecule has 1 nitrogen and oxygen atoms in total. The number of hydrogen-bond donors (Lipinski definition) is 1. The smallest absolute Gasteiger partial charge is 0.0645 e. The zero-order chi connectivity index (χ0) is 17.0. The topological polar surface area (TPSA) is 26.0 Å². The molecule has 1 aromatic carbocycles. The lowest BCUT2D eigenvalue weighted by Gasteiger charge is -2.07. The van der Waals surface area contributed by atoms with Crippen LogP contribution in [-0.4, -0.2) is 0 Å². The molecule has 0 amide bonds. The summed E-state index contributed by atoms with van der Waals surface area (Å²) in [5.74, 6) is -3.26. The summed E-state index contributed by atoms with van der Waals surface area (Å²) in [7, 11) is 0. The van der Waals surface area contributed by atoms with E-state index >= 15 is 0 Å². The molecular weight excluding hydrogens is 122 g/mol. The van der Waals surface area contributed by atoms with Crippen LogP contribution in [0.2, 0.25) is 0 Å². The monoisotopic (exact) mass is 146 g/mol. The van der Waals surface area contributed by atoms with Crippen LogP contribution in [0.1, 0.15) is 40.2 Å². The molecule has 1 heteroatoms. The first kappa shape index (κ1) is 1.45. The summed E-state index contributed by atoms with van der Waals surface area (Å²) >= 11 is 0. The van der Waals surface area contributed by atoms with E-state index in [0.717, 1.165) is 0 Å². The van der Waals surface area contributed by atoms with Crippen molar-refractivity contribution in [1.82, 2.24) is 0 Å². The molecule has 10 heavy (non-hydrogen) atoms. The van der Waals surface area contributed by atoms with Gasteiger partial charge >= 0.3 is 0 Å². The summed E-state index contributed by atoms with van der Waals surface area (Å²) in [5.41, 5.74) is 3.82. The lowest BCUT2D eigenvalue weighted by molar-refractivity contribution is 0.870. The van der Waals surface area contributed by atoms with Gasteiger partial charge in [-0.15, -0.1) is 0 Å². The number of hydrogen-bond acceptors (Lipinski definition) is 1. The fourth-order valence-electron chi connectivity index (χ4n) is 0.519. The molecule has 1 rings (SSSR count). The Bertz CT molecular complexity index is 528. The van der Waals surface area contributed by atoms with Gasteiger partial charge in [0.05, 0.1) is 5.48 Å². The lowest BCUT2D eigenvalue weighted by Crippen LogP contribution is -1.94. The van der Waals surface area contributed by atoms with Crippen LogP contribution in [0.4, 0.5) is 5.69 Å². The summed E-state index contributed by atoms with van der Waals surface area (Å²) < 4.78 is 82.2. The van der Waals surface area contributed by atoms with Gasteiger partial charge in [-0.25, -0.2) is 0 Å². The maximum absolute atomic E-state index is 7.96. The van der Waals surface area contributed by atoms with Gasteiger partial charge in [-0.3, -0.25) is 0 Å². The Morgan fingerprint density at radius 2 is 2.30 bits per heavy atom. The van der Waals surface area contributed by atoms with Crippen molar-refractivity contribution in [1.29, 1.82) is 0 Å². The zero-order valence-corrected chi connectivity index (χ0v) is 5.08. The third kappa shape index (κ3) is 1.29. The molecule has 1 aromatic rings. The van der Waals surface area contributed by atoms with Crippen LogP contribution >= 0.6 is 0 Å². The molecule has 0 aliphatic carbocycles. The van der Waals surface area contributed by atoms with Crippen molar-refractivity contribution in [3.05, 3.63) is 29.7 Å². The fraction of sp³-hybridized carbons (Fsp3) is 0.333. The highest BCUT2D eigenvalue weighted by Crippen LogP contribution is 2.19. The van der Waals surface area contributed by atoms with Crippen LogP contribution in [-0.2, 0) is 0 Å². The molecule has 0 aliphatic heterocycles. The van der Waals surface area contributed by atoms with E-state index in [0.29, 0.717) is 0 Å². The number of anilines is 1. The van der Waals surface area contributed by atoms with Crippen LogP contribution in [0.5, 0.6) is 0 Å². The molecule has 0 spiro atoms. The van der Waals surface area contributed by atoms with E-state index in [-0.39, 0.29) is 0 Å². The van der Waals surface area contributed by atoms with Crippen LogP contribution in [0, 0.1) is 0 Å². The van der Waals surface area contributed by atoms with E-state index in [1.807, 2.05) is 0 Å². The average molecular weight is 146 g/mol. The second-order valence-corrected chi connectivity index (χ2v) is 1.66. The van der Waals surface area contributed by atoms with Crippen molar-refractivity contribution < 1.29 is 15.1 Å². The van der Waals surface area contributed by atoms with Crippen molar-refractivity contribution in [2.45, 2.75) is 19.6 Å². The first-order valence-electron chi connectivity index (χ1n) is 8.04. The Morgan fingerprint density at radius 3 is 3.00 bits per heavy atom. The van der Waals surface area contributed by atoms with E-state index in [9.17, 15) is 0 Å². The highest BCUT2D eigenvalue weighted by Gasteiger charge is 2.00. The first-order chi connectivity index (χ1) is 9.18. The van der Waals surface area contributed by atoms with Gasteiger partial charge in [0.25, 0.3) is 0 Å². The lowest BCUT2D eigenvalue weighted by atomic mass is 10.0. The minimum atomic E-state index is -3.37. The normalized spacial score (nSPS) is 29.8. The molecule has 0 aromatic heterocycles. The van der Waals surface area contributed by atoms with Gasteiger partial charge in [-0.2, -0.15) is 0 Å². The number of nitrogens with two attached hydrogens (primary N) is 1. The average Bonchev–Trinajstić information content (AvgIpc) is 2.31. The molecular formula is C9H13N. The van der Waals surface area contributed by atoms with Crippen molar-refractivity contribution in [3.8, 4) is 0 Å². The minimum Gasteiger partial charge on any atom is -0.398 e. The number of benzene rings is 1. The molecule has 0 saturated carbocycles. The van der Waals surface area contributed by atoms with Crippen molar-refractivity contribution in [3.63, 3.8) is 0 Å². The Balaban J connectivity index is 3.96. The summed E-state index contributed by atoms with van der Waals surface area (Å²) in [6, 6.07) is -3.26. The van der Waals surface area contributed by atoms with Gasteiger partial charge < -0.3 is 5.73 Å². The van der Waals surface area contributed by atoms with Crippen molar-refractivity contribution >= 4 is 5.69 Å². The summed E-state index contributed by atoms with van der Waals surface area (Å²) in [6.07, 6.45) is 0. The van der Waals surface area contributed by atoms with E-state index < -0.39 is 55.0 Å². The highest BCUT2D eigenvalue weighted by molar-refractivity contribution is 5.47. The molecule has 0 aliphatic rings. The standard InChI is InChI=1S/C9H13N/c1-7(2)8-5-3-4-6-9(8)10/h3-7H,10H2,1-2H3/i1D3,2D3,3D,4D,5D,6D,7D. The van der Waals surface area contributed by atoms with Crippen LogP contribution < -0.4 is 5.73 Å². The zero-order valence-electron chi connectivity index (χ0n) is 16.1. The van der Waals surface area contributed by atoms with Gasteiger partial charge in [0.2, 0.25) is 0 Å². The van der Waals surface area contributed by atoms with Crippen LogP contribution in [0.3, 0.4) is 0 Å². The molecule has 0 bridgehead atoms. The second-order valence-electron chi connectivity index (χ2n) is 1.66. The molecule has 2 N–H and O–H groups in total. The summed E-state index contributed by atoms with van der Waals surface area (Å²) in [6.45, 7) is -6.74. The molecule has 0 radical (unpaired) electrons. The quantitative estimate of drug-likeness (QED) is 0.605. The fourth-order valence-corrected chi connectivity index (χ4v) is 0.519. The molecule has 0 unspecified atom stereocenters. The van der Waals surface area contributed by atoms with Gasteiger partial charge in [-0.1, -0.05) is 31.8 Å². The largest absolute Gasteiger partial charge is 0.398 e. The third-order valence-corrected chi connectivity index (χ3v) is 0.967. The highest BCUT2D eigenvalue weighted by atomic mass is 14.6. The Morgan fingerprint density at radius 1 is 1.60 bits per heavy atom. The van der Waals surface area contributed by atoms with Gasteiger partial charge in [-0.05, 0) is 17.5 Å². The Kier molecular flexibility index (Phi) is 0.396. The SMILES string of the molecule is [2H]c1c([2H])c([2H])c(C([2H])(C([2H])([2H])[2H])C([2H])([2H])[2H])c(N)c1[2H]. The van der Waals surface area contributed by atoms with Gasteiger partial charge in [0, 0.05) is 15.3 Å². The van der Waals surface area contributed by atoms with Gasteiger partial charge in [0.1, 0.15) is 0 Å². The number of nitrogen functional groups attached to an aromatic ring is 1. The van der Waals surface area contributed by atoms with E-state index in [2.05, 4.69) is 0 Å². The van der Waals surface area contributed by atoms with Crippen LogP contribution in [0.15, 0.2) is 24.2 Å². The predicted octanol–water partition coefficient (Wildman–Crippen LogP) is 2.39. The number of rotatable bonds is 1. The van der Waals surface area contributed by atoms with E-state index in [1.54, 1.807) is 0 Å². The third-order valence-electron chi connectivity index (χ3n) is 0.967. The summed E-state index contributed by atoms with van der Waals surface area (Å²) in [5, 5.41) is 0. The van der Waals surface area contributed by atoms with Crippen molar-refractivity contribution in [2.75, 3.05) is 5.73 Å². The molecule has 0 fully saturated rings. The molecule has 0 saturated heterocycles. The van der Waals surface area contributed by atoms with E-state index in [4.69, 9.17) is 20.8 Å². The Hall–Kier alpha value is -0.980. The maximum Gasteiger partial charge on any atom is 0.0645 e. The second kappa shape index (κ2) is 2.74. The summed E-state index contributed by atoms with van der Waals surface area (Å²) in [4.78, 5) is 0. The van der Waals surface area contributed by atoms with E-state index in [1.165, 1.54) is 0 Å². The van der Waals surface area contributed by atoms with Crippen molar-refractivity contribution in [2.24, 2.45) is 0 Å². The van der Waals surface area contributed by atoms with Gasteiger partial charge in [0.15, 0.2) is 0 Å². The molecule has 0 atom stereocenters.